The van der Waals surface area contributed by atoms with E-state index in [2.05, 4.69) is 4.90 Å². The van der Waals surface area contributed by atoms with Crippen molar-refractivity contribution in [1.29, 1.82) is 0 Å². The highest BCUT2D eigenvalue weighted by atomic mass is 32.2. The third-order valence-electron chi connectivity index (χ3n) is 8.99. The largest absolute Gasteiger partial charge is 0.444 e. The van der Waals surface area contributed by atoms with E-state index >= 15 is 0 Å². The van der Waals surface area contributed by atoms with Gasteiger partial charge < -0.3 is 19.3 Å². The van der Waals surface area contributed by atoms with E-state index in [1.54, 1.807) is 6.07 Å². The number of sulfonamides is 1. The van der Waals surface area contributed by atoms with Gasteiger partial charge in [-0.05, 0) is 75.4 Å². The third-order valence-corrected chi connectivity index (χ3v) is 10.1. The highest BCUT2D eigenvalue weighted by Gasteiger charge is 2.50. The van der Waals surface area contributed by atoms with Crippen LogP contribution in [0.2, 0.25) is 0 Å². The molecule has 0 N–H and O–H groups in total. The Morgan fingerprint density at radius 3 is 2.46 bits per heavy atom. The maximum absolute atomic E-state index is 14.2. The van der Waals surface area contributed by atoms with E-state index in [9.17, 15) is 17.6 Å². The Kier molecular flexibility index (Phi) is 5.76. The first kappa shape index (κ1) is 23.5. The van der Waals surface area contributed by atoms with Crippen molar-refractivity contribution >= 4 is 21.8 Å². The molecule has 0 radical (unpaired) electrons. The second-order valence-corrected chi connectivity index (χ2v) is 12.9. The van der Waals surface area contributed by atoms with Crippen molar-refractivity contribution in [2.24, 2.45) is 0 Å². The lowest BCUT2D eigenvalue weighted by Gasteiger charge is -2.47. The maximum Gasteiger partial charge on any atom is 0.410 e. The van der Waals surface area contributed by atoms with Crippen molar-refractivity contribution in [3.8, 4) is 0 Å². The Morgan fingerprint density at radius 2 is 1.83 bits per heavy atom. The summed E-state index contributed by atoms with van der Waals surface area (Å²) in [6, 6.07) is 5.33. The number of likely N-dealkylation sites (tertiary alicyclic amines) is 1. The number of ether oxygens (including phenoxy) is 2. The Bertz CT molecular complexity index is 1090. The van der Waals surface area contributed by atoms with Crippen molar-refractivity contribution in [3.05, 3.63) is 29.6 Å². The van der Waals surface area contributed by atoms with E-state index in [-0.39, 0.29) is 35.5 Å². The number of piperidine rings is 2. The predicted molar refractivity (Wildman–Crippen MR) is 128 cm³/mol. The highest BCUT2D eigenvalue weighted by Crippen LogP contribution is 2.49. The molecule has 0 saturated carbocycles. The average Bonchev–Trinajstić information content (AvgIpc) is 3.50. The zero-order valence-corrected chi connectivity index (χ0v) is 21.0. The quantitative estimate of drug-likeness (QED) is 0.626. The summed E-state index contributed by atoms with van der Waals surface area (Å²) in [5.41, 5.74) is 1.11. The molecule has 4 fully saturated rings. The van der Waals surface area contributed by atoms with Gasteiger partial charge in [-0.3, -0.25) is 4.31 Å². The Labute approximate surface area is 206 Å². The molecular formula is C25H34FN3O5S. The topological polar surface area (TPSA) is 79.4 Å². The van der Waals surface area contributed by atoms with Gasteiger partial charge >= 0.3 is 6.09 Å². The maximum atomic E-state index is 14.2. The molecule has 10 heteroatoms. The molecule has 1 aromatic carbocycles. The second-order valence-electron chi connectivity index (χ2n) is 11.0. The number of anilines is 1. The number of rotatable bonds is 3. The zero-order valence-electron chi connectivity index (χ0n) is 20.2. The van der Waals surface area contributed by atoms with Gasteiger partial charge in [0.05, 0.1) is 25.2 Å². The van der Waals surface area contributed by atoms with Crippen LogP contribution in [0, 0.1) is 5.82 Å². The van der Waals surface area contributed by atoms with Gasteiger partial charge in [0.15, 0.2) is 0 Å². The van der Waals surface area contributed by atoms with Crippen LogP contribution in [0.3, 0.4) is 0 Å². The summed E-state index contributed by atoms with van der Waals surface area (Å²) in [6.07, 6.45) is 7.22. The normalized spacial score (nSPS) is 32.3. The molecule has 8 nitrogen and oxygen atoms in total. The third kappa shape index (κ3) is 4.11. The molecule has 2 unspecified atom stereocenters. The number of amides is 1. The molecular weight excluding hydrogens is 473 g/mol. The minimum atomic E-state index is -3.43. The summed E-state index contributed by atoms with van der Waals surface area (Å²) in [4.78, 5) is 17.4. The van der Waals surface area contributed by atoms with E-state index in [1.165, 1.54) is 22.7 Å². The number of hydrogen-bond donors (Lipinski definition) is 0. The fraction of sp³-hybridized carbons (Fsp3) is 0.720. The Hall–Kier alpha value is -1.91. The SMILES string of the molecule is CS(=O)(=O)N1CC2(CCN(C3CC4CCC(C3)N4C(=O)O[C@H]3CCOC3)CC2)c2cc(F)ccc21. The van der Waals surface area contributed by atoms with Crippen LogP contribution in [0.1, 0.15) is 50.5 Å². The van der Waals surface area contributed by atoms with Crippen LogP contribution in [0.4, 0.5) is 14.9 Å². The summed E-state index contributed by atoms with van der Waals surface area (Å²) in [5.74, 6) is -0.319. The van der Waals surface area contributed by atoms with Crippen LogP contribution in [0.25, 0.3) is 0 Å². The number of hydrogen-bond acceptors (Lipinski definition) is 6. The first-order chi connectivity index (χ1) is 16.7. The van der Waals surface area contributed by atoms with Crippen molar-refractivity contribution in [1.82, 2.24) is 9.80 Å². The van der Waals surface area contributed by atoms with Gasteiger partial charge in [-0.2, -0.15) is 0 Å². The summed E-state index contributed by atoms with van der Waals surface area (Å²) < 4.78 is 51.6. The molecule has 192 valence electrons. The number of halogens is 1. The monoisotopic (exact) mass is 507 g/mol. The molecule has 4 saturated heterocycles. The van der Waals surface area contributed by atoms with Crippen LogP contribution < -0.4 is 4.31 Å². The average molecular weight is 508 g/mol. The fourth-order valence-corrected chi connectivity index (χ4v) is 8.19. The smallest absolute Gasteiger partial charge is 0.410 e. The second kappa shape index (κ2) is 8.59. The van der Waals surface area contributed by atoms with E-state index in [0.29, 0.717) is 31.5 Å². The van der Waals surface area contributed by atoms with E-state index < -0.39 is 10.0 Å². The molecule has 6 rings (SSSR count). The molecule has 35 heavy (non-hydrogen) atoms. The van der Waals surface area contributed by atoms with Gasteiger partial charge in [-0.25, -0.2) is 17.6 Å². The standard InChI is InChI=1S/C25H34FN3O5S/c1-35(31,32)28-16-25(22-12-17(26)2-5-23(22)28)7-9-27(10-8-25)20-13-18-3-4-19(14-20)29(18)24(30)34-21-6-11-33-15-21/h2,5,12,18-21H,3-4,6-11,13-16H2,1H3/t18?,19?,20?,21-/m0/s1. The molecule has 5 aliphatic rings. The number of fused-ring (bicyclic) bond motifs is 4. The van der Waals surface area contributed by atoms with Gasteiger partial charge in [-0.1, -0.05) is 0 Å². The van der Waals surface area contributed by atoms with Crippen LogP contribution >= 0.6 is 0 Å². The summed E-state index contributed by atoms with van der Waals surface area (Å²) in [7, 11) is -3.43. The molecule has 1 amide bonds. The lowest BCUT2D eigenvalue weighted by molar-refractivity contribution is 0.00981. The van der Waals surface area contributed by atoms with Crippen LogP contribution in [-0.4, -0.2) is 87.6 Å². The lowest BCUT2D eigenvalue weighted by atomic mass is 9.73. The molecule has 0 aliphatic carbocycles. The van der Waals surface area contributed by atoms with Crippen molar-refractivity contribution in [2.75, 3.05) is 43.4 Å². The first-order valence-corrected chi connectivity index (χ1v) is 14.7. The number of nitrogens with zero attached hydrogens (tertiary/aromatic N) is 3. The minimum Gasteiger partial charge on any atom is -0.444 e. The number of carbonyl (C=O) groups excluding carboxylic acids is 1. The summed E-state index contributed by atoms with van der Waals surface area (Å²) in [6.45, 7) is 3.24. The van der Waals surface area contributed by atoms with Crippen molar-refractivity contribution in [3.63, 3.8) is 0 Å². The number of carbonyl (C=O) groups is 1. The zero-order chi connectivity index (χ0) is 24.4. The lowest BCUT2D eigenvalue weighted by Crippen LogP contribution is -2.56. The van der Waals surface area contributed by atoms with Crippen molar-refractivity contribution < 1.29 is 27.1 Å². The van der Waals surface area contributed by atoms with Gasteiger partial charge in [0.25, 0.3) is 0 Å². The Morgan fingerprint density at radius 1 is 1.11 bits per heavy atom. The minimum absolute atomic E-state index is 0.122. The first-order valence-electron chi connectivity index (χ1n) is 12.8. The van der Waals surface area contributed by atoms with E-state index in [0.717, 1.165) is 63.6 Å². The molecule has 3 atom stereocenters. The molecule has 1 aromatic rings. The van der Waals surface area contributed by atoms with Crippen LogP contribution in [0.15, 0.2) is 18.2 Å². The van der Waals surface area contributed by atoms with E-state index in [1.807, 2.05) is 4.90 Å². The molecule has 5 heterocycles. The number of benzene rings is 1. The highest BCUT2D eigenvalue weighted by molar-refractivity contribution is 7.92. The van der Waals surface area contributed by atoms with Crippen LogP contribution in [-0.2, 0) is 24.9 Å². The van der Waals surface area contributed by atoms with E-state index in [4.69, 9.17) is 9.47 Å². The van der Waals surface area contributed by atoms with Crippen LogP contribution in [0.5, 0.6) is 0 Å². The van der Waals surface area contributed by atoms with Gasteiger partial charge in [-0.15, -0.1) is 0 Å². The van der Waals surface area contributed by atoms with Gasteiger partial charge in [0.1, 0.15) is 11.9 Å². The molecule has 5 aliphatic heterocycles. The summed E-state index contributed by atoms with van der Waals surface area (Å²) >= 11 is 0. The molecule has 0 aromatic heterocycles. The van der Waals surface area contributed by atoms with Crippen molar-refractivity contribution in [2.45, 2.75) is 74.6 Å². The predicted octanol–water partition coefficient (Wildman–Crippen LogP) is 2.86. The van der Waals surface area contributed by atoms with Gasteiger partial charge in [0.2, 0.25) is 10.0 Å². The molecule has 1 spiro atoms. The summed E-state index contributed by atoms with van der Waals surface area (Å²) in [5, 5.41) is 0. The van der Waals surface area contributed by atoms with Gasteiger partial charge in [0, 0.05) is 36.5 Å². The molecule has 2 bridgehead atoms. The fourth-order valence-electron chi connectivity index (χ4n) is 7.19. The Balaban J connectivity index is 1.13.